The summed E-state index contributed by atoms with van der Waals surface area (Å²) in [5.41, 5.74) is 2.28. The highest BCUT2D eigenvalue weighted by molar-refractivity contribution is 5.18. The molecule has 0 aliphatic carbocycles. The van der Waals surface area contributed by atoms with Gasteiger partial charge in [0.2, 0.25) is 0 Å². The van der Waals surface area contributed by atoms with Crippen LogP contribution in [0.5, 0.6) is 0 Å². The molecule has 0 aromatic carbocycles. The van der Waals surface area contributed by atoms with E-state index in [9.17, 15) is 0 Å². The van der Waals surface area contributed by atoms with Crippen LogP contribution in [0.1, 0.15) is 36.5 Å². The Morgan fingerprint density at radius 2 is 2.16 bits per heavy atom. The molecule has 19 heavy (non-hydrogen) atoms. The largest absolute Gasteiger partial charge is 0.338 e. The monoisotopic (exact) mass is 258 g/mol. The first-order valence-electron chi connectivity index (χ1n) is 6.83. The van der Waals surface area contributed by atoms with Crippen molar-refractivity contribution in [2.24, 2.45) is 7.05 Å². The minimum Gasteiger partial charge on any atom is -0.338 e. The van der Waals surface area contributed by atoms with Crippen molar-refractivity contribution in [1.82, 2.24) is 19.9 Å². The normalized spacial score (nSPS) is 12.6. The molecule has 1 unspecified atom stereocenters. The maximum absolute atomic E-state index is 4.41. The summed E-state index contributed by atoms with van der Waals surface area (Å²) in [6, 6.07) is 4.49. The lowest BCUT2D eigenvalue weighted by atomic mass is 10.0. The number of imidazole rings is 1. The zero-order valence-corrected chi connectivity index (χ0v) is 11.9. The van der Waals surface area contributed by atoms with Crippen molar-refractivity contribution in [3.05, 3.63) is 47.8 Å². The third-order valence-corrected chi connectivity index (χ3v) is 3.29. The predicted molar refractivity (Wildman–Crippen MR) is 76.9 cm³/mol. The molecule has 1 N–H and O–H groups in total. The molecular formula is C15H22N4. The summed E-state index contributed by atoms with van der Waals surface area (Å²) < 4.78 is 2.07. The van der Waals surface area contributed by atoms with E-state index in [2.05, 4.69) is 38.9 Å². The standard InChI is InChI=1S/C15H22N4/c1-4-7-16-14(10-15-17-8-9-19(15)3)13-6-5-12(2)18-11-13/h5-6,8-9,11,14,16H,4,7,10H2,1-3H3. The van der Waals surface area contributed by atoms with E-state index in [0.29, 0.717) is 0 Å². The molecule has 2 rings (SSSR count). The molecule has 0 saturated carbocycles. The van der Waals surface area contributed by atoms with E-state index in [0.717, 1.165) is 30.9 Å². The number of pyridine rings is 1. The second-order valence-electron chi connectivity index (χ2n) is 4.90. The molecular weight excluding hydrogens is 236 g/mol. The van der Waals surface area contributed by atoms with E-state index in [1.165, 1.54) is 5.56 Å². The summed E-state index contributed by atoms with van der Waals surface area (Å²) in [7, 11) is 2.03. The highest BCUT2D eigenvalue weighted by atomic mass is 15.0. The Morgan fingerprint density at radius 3 is 2.74 bits per heavy atom. The van der Waals surface area contributed by atoms with Crippen LogP contribution in [0, 0.1) is 6.92 Å². The van der Waals surface area contributed by atoms with Crippen LogP contribution in [-0.4, -0.2) is 21.1 Å². The van der Waals surface area contributed by atoms with Gasteiger partial charge in [-0.2, -0.15) is 0 Å². The van der Waals surface area contributed by atoms with Gasteiger partial charge in [0.1, 0.15) is 5.82 Å². The first-order valence-corrected chi connectivity index (χ1v) is 6.83. The topological polar surface area (TPSA) is 42.7 Å². The van der Waals surface area contributed by atoms with Crippen molar-refractivity contribution < 1.29 is 0 Å². The number of aryl methyl sites for hydroxylation is 2. The van der Waals surface area contributed by atoms with Crippen LogP contribution < -0.4 is 5.32 Å². The fourth-order valence-electron chi connectivity index (χ4n) is 2.09. The molecule has 0 amide bonds. The molecule has 0 radical (unpaired) electrons. The average Bonchev–Trinajstić information content (AvgIpc) is 2.81. The highest BCUT2D eigenvalue weighted by Gasteiger charge is 2.14. The highest BCUT2D eigenvalue weighted by Crippen LogP contribution is 2.17. The minimum absolute atomic E-state index is 0.272. The van der Waals surface area contributed by atoms with Crippen LogP contribution in [0.3, 0.4) is 0 Å². The van der Waals surface area contributed by atoms with Gasteiger partial charge in [-0.3, -0.25) is 4.98 Å². The minimum atomic E-state index is 0.272. The summed E-state index contributed by atoms with van der Waals surface area (Å²) in [6.07, 6.45) is 7.80. The van der Waals surface area contributed by atoms with E-state index in [4.69, 9.17) is 0 Å². The Morgan fingerprint density at radius 1 is 1.32 bits per heavy atom. The number of aromatic nitrogens is 3. The molecule has 2 aromatic heterocycles. The number of hydrogen-bond donors (Lipinski definition) is 1. The van der Waals surface area contributed by atoms with Gasteiger partial charge in [-0.15, -0.1) is 0 Å². The van der Waals surface area contributed by atoms with Crippen LogP contribution in [-0.2, 0) is 13.5 Å². The average molecular weight is 258 g/mol. The molecule has 0 saturated heterocycles. The van der Waals surface area contributed by atoms with E-state index >= 15 is 0 Å². The van der Waals surface area contributed by atoms with Crippen LogP contribution in [0.15, 0.2) is 30.7 Å². The summed E-state index contributed by atoms with van der Waals surface area (Å²) in [6.45, 7) is 5.19. The smallest absolute Gasteiger partial charge is 0.110 e. The number of nitrogens with one attached hydrogen (secondary N) is 1. The quantitative estimate of drug-likeness (QED) is 0.865. The molecule has 0 aliphatic heterocycles. The van der Waals surface area contributed by atoms with Gasteiger partial charge in [0.25, 0.3) is 0 Å². The molecule has 4 heteroatoms. The molecule has 2 aromatic rings. The van der Waals surface area contributed by atoms with Crippen molar-refractivity contribution in [3.63, 3.8) is 0 Å². The lowest BCUT2D eigenvalue weighted by molar-refractivity contribution is 0.510. The Bertz CT molecular complexity index is 501. The van der Waals surface area contributed by atoms with Crippen LogP contribution in [0.25, 0.3) is 0 Å². The van der Waals surface area contributed by atoms with Gasteiger partial charge in [0.05, 0.1) is 0 Å². The molecule has 4 nitrogen and oxygen atoms in total. The van der Waals surface area contributed by atoms with E-state index < -0.39 is 0 Å². The van der Waals surface area contributed by atoms with Gasteiger partial charge < -0.3 is 9.88 Å². The molecule has 1 atom stereocenters. The molecule has 2 heterocycles. The molecule has 0 spiro atoms. The van der Waals surface area contributed by atoms with Crippen molar-refractivity contribution >= 4 is 0 Å². The van der Waals surface area contributed by atoms with E-state index in [-0.39, 0.29) is 6.04 Å². The van der Waals surface area contributed by atoms with Crippen molar-refractivity contribution in [2.45, 2.75) is 32.7 Å². The fourth-order valence-corrected chi connectivity index (χ4v) is 2.09. The second-order valence-corrected chi connectivity index (χ2v) is 4.90. The SMILES string of the molecule is CCCNC(Cc1nccn1C)c1ccc(C)nc1. The summed E-state index contributed by atoms with van der Waals surface area (Å²) in [4.78, 5) is 8.80. The lowest BCUT2D eigenvalue weighted by Crippen LogP contribution is -2.25. The predicted octanol–water partition coefficient (Wildman–Crippen LogP) is 2.41. The number of rotatable bonds is 6. The van der Waals surface area contributed by atoms with Crippen LogP contribution in [0.2, 0.25) is 0 Å². The van der Waals surface area contributed by atoms with Gasteiger partial charge in [-0.05, 0) is 31.5 Å². The molecule has 102 valence electrons. The molecule has 0 aliphatic rings. The van der Waals surface area contributed by atoms with Gasteiger partial charge in [-0.25, -0.2) is 4.98 Å². The number of nitrogens with zero attached hydrogens (tertiary/aromatic N) is 3. The van der Waals surface area contributed by atoms with Crippen LogP contribution in [0.4, 0.5) is 0 Å². The zero-order chi connectivity index (χ0) is 13.7. The van der Waals surface area contributed by atoms with Crippen molar-refractivity contribution in [3.8, 4) is 0 Å². The molecule has 0 bridgehead atoms. The first kappa shape index (κ1) is 13.7. The third kappa shape index (κ3) is 3.64. The fraction of sp³-hybridized carbons (Fsp3) is 0.467. The lowest BCUT2D eigenvalue weighted by Gasteiger charge is -2.18. The van der Waals surface area contributed by atoms with Gasteiger partial charge in [-0.1, -0.05) is 13.0 Å². The zero-order valence-electron chi connectivity index (χ0n) is 11.9. The maximum Gasteiger partial charge on any atom is 0.110 e. The summed E-state index contributed by atoms with van der Waals surface area (Å²) in [5, 5.41) is 3.58. The van der Waals surface area contributed by atoms with Gasteiger partial charge >= 0.3 is 0 Å². The third-order valence-electron chi connectivity index (χ3n) is 3.29. The first-order chi connectivity index (χ1) is 9.20. The Balaban J connectivity index is 2.15. The van der Waals surface area contributed by atoms with Gasteiger partial charge in [0.15, 0.2) is 0 Å². The van der Waals surface area contributed by atoms with Crippen molar-refractivity contribution in [2.75, 3.05) is 6.54 Å². The Kier molecular flexibility index (Phi) is 4.68. The maximum atomic E-state index is 4.41. The van der Waals surface area contributed by atoms with Gasteiger partial charge in [0, 0.05) is 43.8 Å². The number of hydrogen-bond acceptors (Lipinski definition) is 3. The second kappa shape index (κ2) is 6.48. The molecule has 0 fully saturated rings. The van der Waals surface area contributed by atoms with E-state index in [1.807, 2.05) is 32.6 Å². The summed E-state index contributed by atoms with van der Waals surface area (Å²) in [5.74, 6) is 1.09. The summed E-state index contributed by atoms with van der Waals surface area (Å²) >= 11 is 0. The van der Waals surface area contributed by atoms with Crippen LogP contribution >= 0.6 is 0 Å². The Labute approximate surface area is 114 Å². The van der Waals surface area contributed by atoms with E-state index in [1.54, 1.807) is 0 Å². The Hall–Kier alpha value is -1.68. The van der Waals surface area contributed by atoms with Crippen molar-refractivity contribution in [1.29, 1.82) is 0 Å².